The van der Waals surface area contributed by atoms with Crippen LogP contribution in [0.25, 0.3) is 5.69 Å². The van der Waals surface area contributed by atoms with Crippen LogP contribution in [0.5, 0.6) is 0 Å². The Bertz CT molecular complexity index is 667. The van der Waals surface area contributed by atoms with E-state index in [1.807, 2.05) is 6.92 Å². The lowest BCUT2D eigenvalue weighted by molar-refractivity contribution is 0.0755. The van der Waals surface area contributed by atoms with Crippen molar-refractivity contribution >= 4 is 29.1 Å². The maximum Gasteiger partial charge on any atom is 0.293 e. The number of aliphatic hydroxyl groups excluding tert-OH is 1. The van der Waals surface area contributed by atoms with Gasteiger partial charge in [0.1, 0.15) is 11.5 Å². The monoisotopic (exact) mass is 342 g/mol. The third kappa shape index (κ3) is 3.24. The van der Waals surface area contributed by atoms with Crippen LogP contribution < -0.4 is 0 Å². The van der Waals surface area contributed by atoms with E-state index in [1.54, 1.807) is 25.2 Å². The van der Waals surface area contributed by atoms with Gasteiger partial charge in [0.15, 0.2) is 0 Å². The molecule has 1 aromatic heterocycles. The quantitative estimate of drug-likeness (QED) is 0.904. The summed E-state index contributed by atoms with van der Waals surface area (Å²) in [7, 11) is 1.58. The maximum absolute atomic E-state index is 12.2. The average Bonchev–Trinajstić information content (AvgIpc) is 2.90. The molecule has 1 N–H and O–H groups in total. The smallest absolute Gasteiger partial charge is 0.293 e. The molecule has 0 aliphatic rings. The standard InChI is InChI=1S/C14H16Cl2N4O2/c1-3-11-17-13(14(22)19(2)7-8-21)18-20(11)12-9(15)5-4-6-10(12)16/h4-6,21H,3,7-8H2,1-2H3. The summed E-state index contributed by atoms with van der Waals surface area (Å²) in [5.41, 5.74) is 0.499. The highest BCUT2D eigenvalue weighted by atomic mass is 35.5. The number of halogens is 2. The zero-order valence-corrected chi connectivity index (χ0v) is 13.8. The number of carbonyl (C=O) groups excluding carboxylic acids is 1. The molecule has 6 nitrogen and oxygen atoms in total. The van der Waals surface area contributed by atoms with E-state index >= 15 is 0 Å². The zero-order valence-electron chi connectivity index (χ0n) is 12.3. The van der Waals surface area contributed by atoms with Crippen molar-refractivity contribution in [2.24, 2.45) is 0 Å². The van der Waals surface area contributed by atoms with Crippen LogP contribution >= 0.6 is 23.2 Å². The molecule has 0 atom stereocenters. The lowest BCUT2D eigenvalue weighted by Gasteiger charge is -2.12. The molecule has 8 heteroatoms. The molecule has 0 bridgehead atoms. The van der Waals surface area contributed by atoms with Gasteiger partial charge in [0.2, 0.25) is 5.82 Å². The minimum Gasteiger partial charge on any atom is -0.395 e. The Hall–Kier alpha value is -1.63. The van der Waals surface area contributed by atoms with Gasteiger partial charge in [0.05, 0.1) is 16.7 Å². The molecule has 118 valence electrons. The molecule has 22 heavy (non-hydrogen) atoms. The molecule has 0 radical (unpaired) electrons. The number of likely N-dealkylation sites (N-methyl/N-ethyl adjacent to an activating group) is 1. The summed E-state index contributed by atoms with van der Waals surface area (Å²) in [5, 5.41) is 14.0. The van der Waals surface area contributed by atoms with E-state index < -0.39 is 0 Å². The second kappa shape index (κ2) is 7.09. The third-order valence-corrected chi connectivity index (χ3v) is 3.72. The van der Waals surface area contributed by atoms with E-state index in [4.69, 9.17) is 28.3 Å². The minimum atomic E-state index is -0.370. The second-order valence-electron chi connectivity index (χ2n) is 4.64. The van der Waals surface area contributed by atoms with Gasteiger partial charge in [-0.2, -0.15) is 0 Å². The molecule has 0 saturated heterocycles. The first-order chi connectivity index (χ1) is 10.5. The molecule has 0 aliphatic carbocycles. The van der Waals surface area contributed by atoms with Crippen molar-refractivity contribution in [1.82, 2.24) is 19.7 Å². The van der Waals surface area contributed by atoms with Crippen LogP contribution in [0, 0.1) is 0 Å². The number of aryl methyl sites for hydroxylation is 1. The SMILES string of the molecule is CCc1nc(C(=O)N(C)CCO)nn1-c1c(Cl)cccc1Cl. The van der Waals surface area contributed by atoms with Gasteiger partial charge < -0.3 is 10.0 Å². The molecule has 2 rings (SSSR count). The Kier molecular flexibility index (Phi) is 5.39. The van der Waals surface area contributed by atoms with Crippen LogP contribution in [0.1, 0.15) is 23.4 Å². The van der Waals surface area contributed by atoms with E-state index in [0.717, 1.165) is 0 Å². The highest BCUT2D eigenvalue weighted by molar-refractivity contribution is 6.37. The normalized spacial score (nSPS) is 10.8. The lowest BCUT2D eigenvalue weighted by atomic mass is 10.3. The van der Waals surface area contributed by atoms with Gasteiger partial charge in [0.25, 0.3) is 5.91 Å². The van der Waals surface area contributed by atoms with Crippen LogP contribution in [0.4, 0.5) is 0 Å². The van der Waals surface area contributed by atoms with Crippen molar-refractivity contribution in [2.45, 2.75) is 13.3 Å². The maximum atomic E-state index is 12.2. The molecule has 0 aliphatic heterocycles. The molecular weight excluding hydrogens is 327 g/mol. The second-order valence-corrected chi connectivity index (χ2v) is 5.45. The summed E-state index contributed by atoms with van der Waals surface area (Å²) < 4.78 is 1.49. The summed E-state index contributed by atoms with van der Waals surface area (Å²) in [6, 6.07) is 5.13. The van der Waals surface area contributed by atoms with Crippen molar-refractivity contribution in [3.8, 4) is 5.69 Å². The van der Waals surface area contributed by atoms with Gasteiger partial charge in [0, 0.05) is 20.0 Å². The van der Waals surface area contributed by atoms with E-state index in [-0.39, 0.29) is 24.9 Å². The van der Waals surface area contributed by atoms with Crippen molar-refractivity contribution < 1.29 is 9.90 Å². The Balaban J connectivity index is 2.48. The van der Waals surface area contributed by atoms with Crippen LogP contribution in [0.15, 0.2) is 18.2 Å². The first-order valence-corrected chi connectivity index (χ1v) is 7.51. The Labute approximate surface area is 138 Å². The third-order valence-electron chi connectivity index (χ3n) is 3.11. The molecule has 2 aromatic rings. The number of para-hydroxylation sites is 1. The van der Waals surface area contributed by atoms with E-state index in [0.29, 0.717) is 28.0 Å². The number of amides is 1. The molecule has 0 fully saturated rings. The van der Waals surface area contributed by atoms with E-state index in [9.17, 15) is 4.79 Å². The van der Waals surface area contributed by atoms with E-state index in [1.165, 1.54) is 9.58 Å². The largest absolute Gasteiger partial charge is 0.395 e. The lowest BCUT2D eigenvalue weighted by Crippen LogP contribution is -2.30. The van der Waals surface area contributed by atoms with Gasteiger partial charge >= 0.3 is 0 Å². The number of hydrogen-bond donors (Lipinski definition) is 1. The Morgan fingerprint density at radius 3 is 2.55 bits per heavy atom. The van der Waals surface area contributed by atoms with Crippen LogP contribution in [-0.4, -0.2) is 50.9 Å². The van der Waals surface area contributed by atoms with Crippen LogP contribution in [0.2, 0.25) is 10.0 Å². The molecule has 1 aromatic carbocycles. The molecule has 0 saturated carbocycles. The van der Waals surface area contributed by atoms with Gasteiger partial charge in [-0.3, -0.25) is 4.79 Å². The summed E-state index contributed by atoms with van der Waals surface area (Å²) in [5.74, 6) is 0.255. The minimum absolute atomic E-state index is 0.0452. The average molecular weight is 343 g/mol. The molecule has 1 heterocycles. The van der Waals surface area contributed by atoms with Crippen molar-refractivity contribution in [3.05, 3.63) is 39.9 Å². The van der Waals surface area contributed by atoms with Gasteiger partial charge in [-0.15, -0.1) is 5.10 Å². The Morgan fingerprint density at radius 2 is 2.00 bits per heavy atom. The van der Waals surface area contributed by atoms with Crippen molar-refractivity contribution in [1.29, 1.82) is 0 Å². The molecule has 1 amide bonds. The number of aromatic nitrogens is 3. The molecular formula is C14H16Cl2N4O2. The summed E-state index contributed by atoms with van der Waals surface area (Å²) in [4.78, 5) is 17.8. The number of aliphatic hydroxyl groups is 1. The summed E-state index contributed by atoms with van der Waals surface area (Å²) in [6.45, 7) is 1.98. The van der Waals surface area contributed by atoms with Gasteiger partial charge in [-0.25, -0.2) is 9.67 Å². The summed E-state index contributed by atoms with van der Waals surface area (Å²) >= 11 is 12.4. The zero-order chi connectivity index (χ0) is 16.3. The van der Waals surface area contributed by atoms with Crippen molar-refractivity contribution in [3.63, 3.8) is 0 Å². The van der Waals surface area contributed by atoms with Crippen molar-refractivity contribution in [2.75, 3.05) is 20.2 Å². The number of carbonyl (C=O) groups is 1. The fourth-order valence-corrected chi connectivity index (χ4v) is 2.51. The fourth-order valence-electron chi connectivity index (χ4n) is 1.96. The fraction of sp³-hybridized carbons (Fsp3) is 0.357. The summed E-state index contributed by atoms with van der Waals surface area (Å²) in [6.07, 6.45) is 0.561. The van der Waals surface area contributed by atoms with Crippen LogP contribution in [0.3, 0.4) is 0 Å². The van der Waals surface area contributed by atoms with Crippen LogP contribution in [-0.2, 0) is 6.42 Å². The predicted octanol–water partition coefficient (Wildman–Crippen LogP) is 2.20. The molecule has 0 unspecified atom stereocenters. The number of rotatable bonds is 5. The molecule has 0 spiro atoms. The highest BCUT2D eigenvalue weighted by Gasteiger charge is 2.21. The highest BCUT2D eigenvalue weighted by Crippen LogP contribution is 2.28. The number of nitrogens with zero attached hydrogens (tertiary/aromatic N) is 4. The Morgan fingerprint density at radius 1 is 1.36 bits per heavy atom. The van der Waals surface area contributed by atoms with Gasteiger partial charge in [-0.05, 0) is 12.1 Å². The first kappa shape index (κ1) is 16.7. The number of benzene rings is 1. The number of hydrogen-bond acceptors (Lipinski definition) is 4. The van der Waals surface area contributed by atoms with Gasteiger partial charge in [-0.1, -0.05) is 36.2 Å². The topological polar surface area (TPSA) is 71.2 Å². The predicted molar refractivity (Wildman–Crippen MR) is 84.8 cm³/mol. The van der Waals surface area contributed by atoms with E-state index in [2.05, 4.69) is 10.1 Å². The first-order valence-electron chi connectivity index (χ1n) is 6.76.